The van der Waals surface area contributed by atoms with Gasteiger partial charge >= 0.3 is 0 Å². The minimum atomic E-state index is -0.599. The molecule has 1 amide bonds. The van der Waals surface area contributed by atoms with Gasteiger partial charge in [0.1, 0.15) is 10.8 Å². The summed E-state index contributed by atoms with van der Waals surface area (Å²) in [4.78, 5) is 33.5. The van der Waals surface area contributed by atoms with Crippen LogP contribution < -0.4 is 5.43 Å². The number of aromatic nitrogens is 2. The quantitative estimate of drug-likeness (QED) is 0.552. The van der Waals surface area contributed by atoms with Gasteiger partial charge < -0.3 is 19.3 Å². The van der Waals surface area contributed by atoms with Crippen LogP contribution in [0.15, 0.2) is 41.5 Å². The number of pyridine rings is 1. The van der Waals surface area contributed by atoms with Crippen molar-refractivity contribution in [1.82, 2.24) is 14.5 Å². The van der Waals surface area contributed by atoms with Gasteiger partial charge in [-0.3, -0.25) is 9.59 Å². The first-order valence-electron chi connectivity index (χ1n) is 11.3. The van der Waals surface area contributed by atoms with Crippen LogP contribution in [0.2, 0.25) is 0 Å². The standard InChI is InChI=1S/C25H26FN3O4S/c1-14(13-33-2)20-12-28(17-7-8-17)25(32)21-23(31)22(30)19(11-29(20)21)24-27-10-18(34-24)9-15-3-5-16(26)6-4-15/h3-6,10-11,14,17,20,31H,7-9,12-13H2,1-2H3/t14-,20-/m1/s1. The molecule has 2 aromatic heterocycles. The van der Waals surface area contributed by atoms with Crippen molar-refractivity contribution >= 4 is 17.2 Å². The second kappa shape index (κ2) is 8.96. The van der Waals surface area contributed by atoms with E-state index in [1.54, 1.807) is 41.1 Å². The summed E-state index contributed by atoms with van der Waals surface area (Å²) in [7, 11) is 1.64. The third-order valence-corrected chi connectivity index (χ3v) is 7.60. The van der Waals surface area contributed by atoms with Crippen LogP contribution in [0.25, 0.3) is 10.6 Å². The van der Waals surface area contributed by atoms with Gasteiger partial charge in [-0.05, 0) is 30.5 Å². The molecule has 2 atom stereocenters. The number of rotatable bonds is 7. The third-order valence-electron chi connectivity index (χ3n) is 6.56. The number of ether oxygens (including phenoxy) is 1. The molecule has 178 valence electrons. The molecular weight excluding hydrogens is 457 g/mol. The molecule has 7 nitrogen and oxygen atoms in total. The first-order chi connectivity index (χ1) is 16.4. The average molecular weight is 484 g/mol. The highest BCUT2D eigenvalue weighted by Crippen LogP contribution is 2.38. The van der Waals surface area contributed by atoms with Crippen molar-refractivity contribution in [2.24, 2.45) is 5.92 Å². The zero-order valence-electron chi connectivity index (χ0n) is 19.0. The summed E-state index contributed by atoms with van der Waals surface area (Å²) >= 11 is 1.35. The molecule has 9 heteroatoms. The van der Waals surface area contributed by atoms with Crippen molar-refractivity contribution in [2.45, 2.75) is 38.3 Å². The number of hydrogen-bond acceptors (Lipinski definition) is 6. The van der Waals surface area contributed by atoms with E-state index in [0.29, 0.717) is 24.6 Å². The number of amides is 1. The second-order valence-corrected chi connectivity index (χ2v) is 10.2. The average Bonchev–Trinajstić information content (AvgIpc) is 3.56. The van der Waals surface area contributed by atoms with Gasteiger partial charge in [0.15, 0.2) is 11.4 Å². The molecular formula is C25H26FN3O4S. The van der Waals surface area contributed by atoms with Gasteiger partial charge in [-0.25, -0.2) is 9.37 Å². The van der Waals surface area contributed by atoms with Crippen molar-refractivity contribution in [1.29, 1.82) is 0 Å². The molecule has 34 heavy (non-hydrogen) atoms. The lowest BCUT2D eigenvalue weighted by Gasteiger charge is -2.39. The fraction of sp³-hybridized carbons (Fsp3) is 0.400. The molecule has 0 spiro atoms. The van der Waals surface area contributed by atoms with E-state index in [-0.39, 0.29) is 41.0 Å². The fourth-order valence-corrected chi connectivity index (χ4v) is 5.55. The van der Waals surface area contributed by atoms with Crippen LogP contribution in [0.4, 0.5) is 4.39 Å². The first kappa shape index (κ1) is 22.7. The Balaban J connectivity index is 1.54. The van der Waals surface area contributed by atoms with E-state index in [2.05, 4.69) is 4.98 Å². The molecule has 0 radical (unpaired) electrons. The molecule has 3 aromatic rings. The van der Waals surface area contributed by atoms with E-state index >= 15 is 0 Å². The molecule has 1 N–H and O–H groups in total. The summed E-state index contributed by atoms with van der Waals surface area (Å²) in [5.74, 6) is -1.07. The molecule has 1 aliphatic heterocycles. The molecule has 3 heterocycles. The monoisotopic (exact) mass is 483 g/mol. The molecule has 0 saturated heterocycles. The smallest absolute Gasteiger partial charge is 0.274 e. The maximum Gasteiger partial charge on any atom is 0.274 e. The second-order valence-electron chi connectivity index (χ2n) is 9.10. The Hall–Kier alpha value is -3.04. The fourth-order valence-electron chi connectivity index (χ4n) is 4.60. The lowest BCUT2D eigenvalue weighted by molar-refractivity contribution is 0.0544. The van der Waals surface area contributed by atoms with Gasteiger partial charge in [0, 0.05) is 49.3 Å². The maximum absolute atomic E-state index is 13.2. The SMILES string of the molecule is COC[C@@H](C)[C@H]1CN(C2CC2)C(=O)c2c(O)c(=O)c(-c3ncc(Cc4ccc(F)cc4)s3)cn21. The van der Waals surface area contributed by atoms with Crippen molar-refractivity contribution < 1.29 is 19.0 Å². The van der Waals surface area contributed by atoms with E-state index in [0.717, 1.165) is 23.3 Å². The number of aromatic hydroxyl groups is 1. The van der Waals surface area contributed by atoms with Gasteiger partial charge in [0.05, 0.1) is 18.2 Å². The molecule has 1 saturated carbocycles. The zero-order valence-corrected chi connectivity index (χ0v) is 19.8. The van der Waals surface area contributed by atoms with Crippen molar-refractivity contribution in [2.75, 3.05) is 20.3 Å². The normalized spacial score (nSPS) is 18.7. The first-order valence-corrected chi connectivity index (χ1v) is 12.2. The van der Waals surface area contributed by atoms with E-state index < -0.39 is 11.2 Å². The van der Waals surface area contributed by atoms with Gasteiger partial charge in [0.2, 0.25) is 5.43 Å². The summed E-state index contributed by atoms with van der Waals surface area (Å²) in [6.45, 7) is 3.03. The maximum atomic E-state index is 13.2. The van der Waals surface area contributed by atoms with Crippen LogP contribution in [0.1, 0.15) is 46.7 Å². The molecule has 1 aromatic carbocycles. The Morgan fingerprint density at radius 1 is 1.26 bits per heavy atom. The number of benzene rings is 1. The molecule has 1 aliphatic carbocycles. The number of nitrogens with zero attached hydrogens (tertiary/aromatic N) is 3. The summed E-state index contributed by atoms with van der Waals surface area (Å²) in [5.41, 5.74) is 0.640. The molecule has 2 aliphatic rings. The number of thiazole rings is 1. The van der Waals surface area contributed by atoms with Crippen LogP contribution >= 0.6 is 11.3 Å². The van der Waals surface area contributed by atoms with E-state index in [9.17, 15) is 19.1 Å². The van der Waals surface area contributed by atoms with Crippen LogP contribution in [0, 0.1) is 11.7 Å². The largest absolute Gasteiger partial charge is 0.503 e. The predicted molar refractivity (Wildman–Crippen MR) is 127 cm³/mol. The van der Waals surface area contributed by atoms with E-state index in [1.807, 2.05) is 6.92 Å². The summed E-state index contributed by atoms with van der Waals surface area (Å²) in [6, 6.07) is 6.28. The van der Waals surface area contributed by atoms with Gasteiger partial charge in [-0.2, -0.15) is 0 Å². The highest BCUT2D eigenvalue weighted by Gasteiger charge is 2.43. The number of fused-ring (bicyclic) bond motifs is 1. The number of halogens is 1. The van der Waals surface area contributed by atoms with Crippen LogP contribution in [0.3, 0.4) is 0 Å². The number of hydrogen-bond donors (Lipinski definition) is 1. The minimum Gasteiger partial charge on any atom is -0.503 e. The lowest BCUT2D eigenvalue weighted by atomic mass is 9.97. The van der Waals surface area contributed by atoms with Crippen molar-refractivity contribution in [3.63, 3.8) is 0 Å². The summed E-state index contributed by atoms with van der Waals surface area (Å²) in [5, 5.41) is 11.4. The van der Waals surface area contributed by atoms with Crippen LogP contribution in [-0.4, -0.2) is 51.8 Å². The van der Waals surface area contributed by atoms with Gasteiger partial charge in [0.25, 0.3) is 5.91 Å². The Kier molecular flexibility index (Phi) is 5.99. The summed E-state index contributed by atoms with van der Waals surface area (Å²) < 4.78 is 20.3. The predicted octanol–water partition coefficient (Wildman–Crippen LogP) is 3.85. The van der Waals surface area contributed by atoms with E-state index in [4.69, 9.17) is 4.74 Å². The third kappa shape index (κ3) is 4.14. The summed E-state index contributed by atoms with van der Waals surface area (Å²) in [6.07, 6.45) is 5.79. The molecule has 0 unspecified atom stereocenters. The topological polar surface area (TPSA) is 84.7 Å². The highest BCUT2D eigenvalue weighted by atomic mass is 32.1. The number of methoxy groups -OCH3 is 1. The van der Waals surface area contributed by atoms with Crippen LogP contribution in [-0.2, 0) is 11.2 Å². The molecule has 0 bridgehead atoms. The van der Waals surface area contributed by atoms with Crippen LogP contribution in [0.5, 0.6) is 5.75 Å². The number of carbonyl (C=O) groups excluding carboxylic acids is 1. The number of carbonyl (C=O) groups is 1. The Labute approximate surface area is 200 Å². The van der Waals surface area contributed by atoms with Gasteiger partial charge in [-0.1, -0.05) is 19.1 Å². The van der Waals surface area contributed by atoms with Crippen molar-refractivity contribution in [3.05, 3.63) is 68.8 Å². The highest BCUT2D eigenvalue weighted by molar-refractivity contribution is 7.15. The van der Waals surface area contributed by atoms with Gasteiger partial charge in [-0.15, -0.1) is 11.3 Å². The Morgan fingerprint density at radius 2 is 2.00 bits per heavy atom. The van der Waals surface area contributed by atoms with E-state index in [1.165, 1.54) is 23.5 Å². The molecule has 1 fully saturated rings. The Morgan fingerprint density at radius 3 is 2.68 bits per heavy atom. The minimum absolute atomic E-state index is 0.0444. The lowest BCUT2D eigenvalue weighted by Crippen LogP contribution is -2.47. The molecule has 5 rings (SSSR count). The van der Waals surface area contributed by atoms with Crippen molar-refractivity contribution in [3.8, 4) is 16.3 Å². The zero-order chi connectivity index (χ0) is 24.0. The Bertz CT molecular complexity index is 1280.